The lowest BCUT2D eigenvalue weighted by atomic mass is 9.98. The van der Waals surface area contributed by atoms with Crippen molar-refractivity contribution >= 4 is 42.2 Å². The number of fused-ring (bicyclic) bond motifs is 7. The maximum absolute atomic E-state index is 13.6. The molecule has 4 heterocycles. The van der Waals surface area contributed by atoms with Crippen molar-refractivity contribution in [3.63, 3.8) is 0 Å². The summed E-state index contributed by atoms with van der Waals surface area (Å²) in [5.74, 6) is 0. The maximum atomic E-state index is 13.6. The van der Waals surface area contributed by atoms with Gasteiger partial charge in [0.15, 0.2) is 0 Å². The van der Waals surface area contributed by atoms with Crippen LogP contribution in [0.3, 0.4) is 0 Å². The van der Waals surface area contributed by atoms with Gasteiger partial charge in [-0.25, -0.2) is 8.42 Å². The third kappa shape index (κ3) is 2.37. The first-order valence-corrected chi connectivity index (χ1v) is 12.4. The minimum absolute atomic E-state index is 0.340. The van der Waals surface area contributed by atoms with E-state index in [4.69, 9.17) is 0 Å². The van der Waals surface area contributed by atoms with Gasteiger partial charge < -0.3 is 9.88 Å². The van der Waals surface area contributed by atoms with Crippen LogP contribution in [-0.4, -0.2) is 19.0 Å². The molecule has 2 aromatic heterocycles. The molecule has 6 heteroatoms. The summed E-state index contributed by atoms with van der Waals surface area (Å²) in [6.07, 6.45) is 3.34. The van der Waals surface area contributed by atoms with Crippen LogP contribution in [0.2, 0.25) is 0 Å². The number of hydrogen-bond donors (Lipinski definition) is 1. The van der Waals surface area contributed by atoms with E-state index < -0.39 is 9.84 Å². The van der Waals surface area contributed by atoms with Crippen LogP contribution in [0, 0.1) is 6.92 Å². The van der Waals surface area contributed by atoms with Gasteiger partial charge in [0, 0.05) is 52.1 Å². The van der Waals surface area contributed by atoms with Crippen LogP contribution in [0.1, 0.15) is 35.7 Å². The maximum Gasteiger partial charge on any atom is 0.208 e. The van der Waals surface area contributed by atoms with Crippen LogP contribution in [-0.2, 0) is 23.3 Å². The molecular formula is C23H22N2O2S2. The molecule has 148 valence electrons. The highest BCUT2D eigenvalue weighted by atomic mass is 32.2. The van der Waals surface area contributed by atoms with Gasteiger partial charge in [-0.1, -0.05) is 18.2 Å². The van der Waals surface area contributed by atoms with E-state index in [1.807, 2.05) is 43.3 Å². The van der Waals surface area contributed by atoms with Gasteiger partial charge in [0.1, 0.15) is 0 Å². The number of benzene rings is 2. The Bertz CT molecular complexity index is 1410. The molecule has 0 amide bonds. The van der Waals surface area contributed by atoms with E-state index in [-0.39, 0.29) is 0 Å². The molecule has 0 radical (unpaired) electrons. The van der Waals surface area contributed by atoms with Crippen LogP contribution in [0.4, 0.5) is 0 Å². The summed E-state index contributed by atoms with van der Waals surface area (Å²) in [6, 6.07) is 12.4. The highest BCUT2D eigenvalue weighted by Gasteiger charge is 2.36. The number of nitrogens with one attached hydrogen (secondary N) is 1. The molecule has 6 rings (SSSR count). The van der Waals surface area contributed by atoms with Crippen LogP contribution in [0.5, 0.6) is 0 Å². The summed E-state index contributed by atoms with van der Waals surface area (Å²) in [5, 5.41) is 7.41. The summed E-state index contributed by atoms with van der Waals surface area (Å²) < 4.78 is 30.5. The number of sulfone groups is 1. The lowest BCUT2D eigenvalue weighted by Crippen LogP contribution is -2.32. The zero-order valence-corrected chi connectivity index (χ0v) is 18.0. The predicted octanol–water partition coefficient (Wildman–Crippen LogP) is 4.88. The van der Waals surface area contributed by atoms with E-state index in [1.165, 1.54) is 34.5 Å². The topological polar surface area (TPSA) is 51.1 Å². The number of rotatable bonds is 2. The largest absolute Gasteiger partial charge is 0.347 e. The molecule has 4 nitrogen and oxygen atoms in total. The van der Waals surface area contributed by atoms with Crippen LogP contribution in [0.25, 0.3) is 21.0 Å². The Hall–Kier alpha value is -2.15. The molecule has 1 saturated heterocycles. The van der Waals surface area contributed by atoms with Gasteiger partial charge >= 0.3 is 0 Å². The number of aromatic nitrogens is 1. The number of nitrogens with zero attached hydrogens (tertiary/aromatic N) is 1. The lowest BCUT2D eigenvalue weighted by molar-refractivity contribution is 0.503. The third-order valence-corrected chi connectivity index (χ3v) is 9.58. The first-order chi connectivity index (χ1) is 13.9. The molecule has 2 aliphatic heterocycles. The molecular weight excluding hydrogens is 400 g/mol. The average molecular weight is 423 g/mol. The van der Waals surface area contributed by atoms with Crippen molar-refractivity contribution in [2.75, 3.05) is 0 Å². The molecule has 4 aromatic rings. The smallest absolute Gasteiger partial charge is 0.208 e. The van der Waals surface area contributed by atoms with E-state index >= 15 is 0 Å². The second-order valence-electron chi connectivity index (χ2n) is 8.35. The quantitative estimate of drug-likeness (QED) is 0.501. The Morgan fingerprint density at radius 1 is 1.14 bits per heavy atom. The van der Waals surface area contributed by atoms with E-state index in [0.717, 1.165) is 33.9 Å². The van der Waals surface area contributed by atoms with E-state index in [1.54, 1.807) is 5.38 Å². The normalized spacial score (nSPS) is 21.2. The molecule has 0 aliphatic carbocycles. The minimum Gasteiger partial charge on any atom is -0.347 e. The second kappa shape index (κ2) is 5.94. The van der Waals surface area contributed by atoms with Crippen molar-refractivity contribution in [1.29, 1.82) is 0 Å². The van der Waals surface area contributed by atoms with Crippen LogP contribution < -0.4 is 5.32 Å². The molecule has 2 aliphatic rings. The first kappa shape index (κ1) is 17.7. The summed E-state index contributed by atoms with van der Waals surface area (Å²) in [6.45, 7) is 2.03. The Morgan fingerprint density at radius 3 is 2.83 bits per heavy atom. The summed E-state index contributed by atoms with van der Waals surface area (Å²) in [7, 11) is -1.46. The summed E-state index contributed by atoms with van der Waals surface area (Å²) in [5.41, 5.74) is 4.86. The van der Waals surface area contributed by atoms with Crippen molar-refractivity contribution in [1.82, 2.24) is 9.88 Å². The van der Waals surface area contributed by atoms with E-state index in [2.05, 4.69) is 16.9 Å². The highest BCUT2D eigenvalue weighted by molar-refractivity contribution is 7.92. The van der Waals surface area contributed by atoms with Gasteiger partial charge in [-0.05, 0) is 49.1 Å². The average Bonchev–Trinajstić information content (AvgIpc) is 3.38. The fourth-order valence-electron chi connectivity index (χ4n) is 5.39. The zero-order valence-electron chi connectivity index (χ0n) is 16.4. The Balaban J connectivity index is 1.61. The lowest BCUT2D eigenvalue weighted by Gasteiger charge is -2.23. The number of hydrogen-bond acceptors (Lipinski definition) is 4. The fraction of sp³-hybridized carbons (Fsp3) is 0.304. The zero-order chi connectivity index (χ0) is 19.9. The van der Waals surface area contributed by atoms with Crippen molar-refractivity contribution in [3.8, 4) is 0 Å². The van der Waals surface area contributed by atoms with Gasteiger partial charge in [-0.2, -0.15) is 0 Å². The van der Waals surface area contributed by atoms with Gasteiger partial charge in [-0.15, -0.1) is 11.3 Å². The Kier molecular flexibility index (Phi) is 3.62. The van der Waals surface area contributed by atoms with Gasteiger partial charge in [-0.3, -0.25) is 0 Å². The Labute approximate surface area is 174 Å². The predicted molar refractivity (Wildman–Crippen MR) is 118 cm³/mol. The molecule has 1 N–H and O–H groups in total. The molecule has 2 atom stereocenters. The van der Waals surface area contributed by atoms with E-state index in [9.17, 15) is 8.42 Å². The summed E-state index contributed by atoms with van der Waals surface area (Å²) >= 11 is 1.49. The van der Waals surface area contributed by atoms with Crippen molar-refractivity contribution < 1.29 is 8.42 Å². The van der Waals surface area contributed by atoms with Gasteiger partial charge in [0.2, 0.25) is 9.84 Å². The summed E-state index contributed by atoms with van der Waals surface area (Å²) in [4.78, 5) is 0.820. The van der Waals surface area contributed by atoms with Crippen molar-refractivity contribution in [2.45, 2.75) is 48.1 Å². The second-order valence-corrected chi connectivity index (χ2v) is 11.2. The molecule has 0 spiro atoms. The number of thiophene rings is 1. The van der Waals surface area contributed by atoms with Crippen molar-refractivity contribution in [2.24, 2.45) is 7.05 Å². The molecule has 29 heavy (non-hydrogen) atoms. The highest BCUT2D eigenvalue weighted by Crippen LogP contribution is 2.43. The molecule has 2 unspecified atom stereocenters. The standard InChI is InChI=1S/C23H22N2O2S2/c1-13-9-15(29(26,27)21-12-28-20-6-4-3-5-16(20)21)11-17-22-18-8-7-14(24-18)10-19(22)25(2)23(13)17/h3-6,9,11-12,14,18,24H,7-8,10H2,1-2H3. The van der Waals surface area contributed by atoms with E-state index in [0.29, 0.717) is 21.9 Å². The van der Waals surface area contributed by atoms with Gasteiger partial charge in [0.25, 0.3) is 0 Å². The Morgan fingerprint density at radius 2 is 1.97 bits per heavy atom. The van der Waals surface area contributed by atoms with Crippen LogP contribution in [0.15, 0.2) is 51.6 Å². The molecule has 0 saturated carbocycles. The van der Waals surface area contributed by atoms with Crippen LogP contribution >= 0.6 is 11.3 Å². The monoisotopic (exact) mass is 422 g/mol. The molecule has 1 fully saturated rings. The SMILES string of the molecule is Cc1cc(S(=O)(=O)c2csc3ccccc23)cc2c3c(n(C)c12)CC1CCC3N1. The first-order valence-electron chi connectivity index (χ1n) is 10.0. The molecule has 2 aromatic carbocycles. The van der Waals surface area contributed by atoms with Gasteiger partial charge in [0.05, 0.1) is 15.3 Å². The molecule has 2 bridgehead atoms. The minimum atomic E-state index is -3.59. The van der Waals surface area contributed by atoms with Crippen molar-refractivity contribution in [3.05, 3.63) is 58.6 Å². The third-order valence-electron chi connectivity index (χ3n) is 6.69. The number of aryl methyl sites for hydroxylation is 2. The fourth-order valence-corrected chi connectivity index (χ4v) is 8.25.